The Morgan fingerprint density at radius 2 is 2.17 bits per heavy atom. The lowest BCUT2D eigenvalue weighted by atomic mass is 10.1. The molecule has 98 valence electrons. The number of nitrogens with zero attached hydrogens (tertiary/aromatic N) is 1. The number of halogens is 3. The molecule has 0 radical (unpaired) electrons. The van der Waals surface area contributed by atoms with Crippen molar-refractivity contribution in [2.75, 3.05) is 11.9 Å². The summed E-state index contributed by atoms with van der Waals surface area (Å²) in [7, 11) is 0. The molecule has 1 aliphatic carbocycles. The Balaban J connectivity index is 2.37. The molecule has 0 aromatic heterocycles. The van der Waals surface area contributed by atoms with E-state index in [0.29, 0.717) is 12.5 Å². The average molecular weight is 321 g/mol. The van der Waals surface area contributed by atoms with Crippen LogP contribution in [0.3, 0.4) is 0 Å². The van der Waals surface area contributed by atoms with Crippen molar-refractivity contribution in [2.24, 2.45) is 5.92 Å². The van der Waals surface area contributed by atoms with Gasteiger partial charge in [-0.3, -0.25) is 10.1 Å². The van der Waals surface area contributed by atoms with Crippen LogP contribution in [-0.4, -0.2) is 11.5 Å². The number of nitro groups is 1. The van der Waals surface area contributed by atoms with Crippen LogP contribution >= 0.6 is 15.9 Å². The SMILES string of the molecule is O=[N+]([O-])c1c(NCC2CC2)ccc(Br)c1C(F)F. The first-order chi connectivity index (χ1) is 8.50. The van der Waals surface area contributed by atoms with Gasteiger partial charge in [-0.15, -0.1) is 0 Å². The number of nitrogens with one attached hydrogen (secondary N) is 1. The van der Waals surface area contributed by atoms with Gasteiger partial charge in [0.15, 0.2) is 0 Å². The molecule has 0 amide bonds. The number of hydrogen-bond donors (Lipinski definition) is 1. The summed E-state index contributed by atoms with van der Waals surface area (Å²) in [6.45, 7) is 0.588. The Morgan fingerprint density at radius 3 is 2.67 bits per heavy atom. The number of anilines is 1. The Bertz CT molecular complexity index is 478. The third-order valence-electron chi connectivity index (χ3n) is 2.84. The second-order valence-electron chi connectivity index (χ2n) is 4.24. The smallest absolute Gasteiger partial charge is 0.302 e. The predicted octanol–water partition coefficient (Wildman–Crippen LogP) is 4.12. The fourth-order valence-electron chi connectivity index (χ4n) is 1.71. The summed E-state index contributed by atoms with van der Waals surface area (Å²) in [5.41, 5.74) is -0.953. The topological polar surface area (TPSA) is 55.2 Å². The first-order valence-corrected chi connectivity index (χ1v) is 6.28. The van der Waals surface area contributed by atoms with E-state index in [1.807, 2.05) is 0 Å². The molecular weight excluding hydrogens is 310 g/mol. The zero-order valence-corrected chi connectivity index (χ0v) is 10.9. The van der Waals surface area contributed by atoms with E-state index < -0.39 is 22.6 Å². The summed E-state index contributed by atoms with van der Waals surface area (Å²) in [4.78, 5) is 10.2. The molecule has 0 bridgehead atoms. The van der Waals surface area contributed by atoms with Crippen LogP contribution in [0.4, 0.5) is 20.2 Å². The standard InChI is InChI=1S/C11H11BrF2N2O2/c12-7-3-4-8(15-5-6-1-2-6)10(16(17)18)9(7)11(13)14/h3-4,6,11,15H,1-2,5H2. The Hall–Kier alpha value is -1.24. The highest BCUT2D eigenvalue weighted by molar-refractivity contribution is 9.10. The Morgan fingerprint density at radius 1 is 1.50 bits per heavy atom. The predicted molar refractivity (Wildman–Crippen MR) is 67.0 cm³/mol. The molecule has 1 fully saturated rings. The quantitative estimate of drug-likeness (QED) is 0.656. The van der Waals surface area contributed by atoms with Gasteiger partial charge in [-0.25, -0.2) is 8.78 Å². The monoisotopic (exact) mass is 320 g/mol. The lowest BCUT2D eigenvalue weighted by Gasteiger charge is -2.11. The van der Waals surface area contributed by atoms with Crippen molar-refractivity contribution < 1.29 is 13.7 Å². The van der Waals surface area contributed by atoms with Gasteiger partial charge in [0.1, 0.15) is 11.3 Å². The Labute approximate surface area is 111 Å². The van der Waals surface area contributed by atoms with Crippen molar-refractivity contribution >= 4 is 27.3 Å². The molecule has 18 heavy (non-hydrogen) atoms. The van der Waals surface area contributed by atoms with Crippen molar-refractivity contribution in [3.05, 3.63) is 32.3 Å². The summed E-state index contributed by atoms with van der Waals surface area (Å²) >= 11 is 2.93. The minimum absolute atomic E-state index is 0.0566. The highest BCUT2D eigenvalue weighted by atomic mass is 79.9. The van der Waals surface area contributed by atoms with Gasteiger partial charge in [-0.05, 0) is 30.9 Å². The van der Waals surface area contributed by atoms with Crippen LogP contribution in [0.15, 0.2) is 16.6 Å². The number of nitro benzene ring substituents is 1. The van der Waals surface area contributed by atoms with Crippen molar-refractivity contribution in [3.63, 3.8) is 0 Å². The van der Waals surface area contributed by atoms with E-state index in [9.17, 15) is 18.9 Å². The third kappa shape index (κ3) is 2.77. The minimum Gasteiger partial charge on any atom is -0.379 e. The fraction of sp³-hybridized carbons (Fsp3) is 0.455. The van der Waals surface area contributed by atoms with Crippen LogP contribution < -0.4 is 5.32 Å². The highest BCUT2D eigenvalue weighted by Crippen LogP contribution is 2.40. The van der Waals surface area contributed by atoms with E-state index in [4.69, 9.17) is 0 Å². The van der Waals surface area contributed by atoms with Crippen LogP contribution in [0.25, 0.3) is 0 Å². The zero-order chi connectivity index (χ0) is 13.3. The van der Waals surface area contributed by atoms with Crippen molar-refractivity contribution in [2.45, 2.75) is 19.3 Å². The minimum atomic E-state index is -2.89. The average Bonchev–Trinajstić information content (AvgIpc) is 3.10. The van der Waals surface area contributed by atoms with Gasteiger partial charge < -0.3 is 5.32 Å². The molecule has 0 aliphatic heterocycles. The second-order valence-corrected chi connectivity index (χ2v) is 5.09. The normalized spacial score (nSPS) is 14.9. The molecule has 1 aliphatic rings. The molecule has 1 saturated carbocycles. The van der Waals surface area contributed by atoms with Gasteiger partial charge in [0.2, 0.25) is 0 Å². The molecule has 4 nitrogen and oxygen atoms in total. The number of rotatable bonds is 5. The highest BCUT2D eigenvalue weighted by Gasteiger charge is 2.29. The van der Waals surface area contributed by atoms with E-state index in [2.05, 4.69) is 21.2 Å². The van der Waals surface area contributed by atoms with Crippen LogP contribution in [0.1, 0.15) is 24.8 Å². The summed E-state index contributed by atoms with van der Waals surface area (Å²) < 4.78 is 25.8. The van der Waals surface area contributed by atoms with Gasteiger partial charge in [0, 0.05) is 11.0 Å². The summed E-state index contributed by atoms with van der Waals surface area (Å²) in [5.74, 6) is 0.503. The number of alkyl halides is 2. The van der Waals surface area contributed by atoms with E-state index in [-0.39, 0.29) is 10.2 Å². The van der Waals surface area contributed by atoms with E-state index >= 15 is 0 Å². The maximum absolute atomic E-state index is 12.9. The van der Waals surface area contributed by atoms with Gasteiger partial charge in [-0.2, -0.15) is 0 Å². The molecule has 7 heteroatoms. The van der Waals surface area contributed by atoms with Crippen LogP contribution in [0, 0.1) is 16.0 Å². The third-order valence-corrected chi connectivity index (χ3v) is 3.53. The number of benzene rings is 1. The summed E-state index contributed by atoms with van der Waals surface area (Å²) in [6, 6.07) is 2.86. The fourth-order valence-corrected chi connectivity index (χ4v) is 2.20. The first kappa shape index (κ1) is 13.2. The van der Waals surface area contributed by atoms with Crippen LogP contribution in [0.5, 0.6) is 0 Å². The maximum atomic E-state index is 12.9. The molecular formula is C11H11BrF2N2O2. The van der Waals surface area contributed by atoms with Gasteiger partial charge in [0.25, 0.3) is 6.43 Å². The van der Waals surface area contributed by atoms with Crippen LogP contribution in [-0.2, 0) is 0 Å². The van der Waals surface area contributed by atoms with Crippen molar-refractivity contribution in [1.29, 1.82) is 0 Å². The van der Waals surface area contributed by atoms with E-state index in [1.54, 1.807) is 0 Å². The summed E-state index contributed by atoms with van der Waals surface area (Å²) in [5, 5.41) is 13.9. The van der Waals surface area contributed by atoms with Gasteiger partial charge in [0.05, 0.1) is 4.92 Å². The van der Waals surface area contributed by atoms with Crippen molar-refractivity contribution in [1.82, 2.24) is 0 Å². The van der Waals surface area contributed by atoms with Gasteiger partial charge >= 0.3 is 5.69 Å². The van der Waals surface area contributed by atoms with Gasteiger partial charge in [-0.1, -0.05) is 15.9 Å². The molecule has 0 spiro atoms. The lowest BCUT2D eigenvalue weighted by Crippen LogP contribution is -2.08. The molecule has 1 N–H and O–H groups in total. The van der Waals surface area contributed by atoms with E-state index in [1.165, 1.54) is 12.1 Å². The largest absolute Gasteiger partial charge is 0.379 e. The Kier molecular flexibility index (Phi) is 3.79. The first-order valence-electron chi connectivity index (χ1n) is 5.49. The lowest BCUT2D eigenvalue weighted by molar-refractivity contribution is -0.385. The molecule has 1 aromatic rings. The summed E-state index contributed by atoms with van der Waals surface area (Å²) in [6.07, 6.45) is -0.722. The molecule has 0 heterocycles. The molecule has 2 rings (SSSR count). The maximum Gasteiger partial charge on any atom is 0.302 e. The zero-order valence-electron chi connectivity index (χ0n) is 9.33. The molecule has 0 saturated heterocycles. The van der Waals surface area contributed by atoms with Crippen LogP contribution in [0.2, 0.25) is 0 Å². The van der Waals surface area contributed by atoms with Crippen molar-refractivity contribution in [3.8, 4) is 0 Å². The number of hydrogen-bond acceptors (Lipinski definition) is 3. The molecule has 1 aromatic carbocycles. The molecule has 0 unspecified atom stereocenters. The molecule has 0 atom stereocenters. The second kappa shape index (κ2) is 5.17. The van der Waals surface area contributed by atoms with E-state index in [0.717, 1.165) is 12.8 Å².